The fraction of sp³-hybridized carbons (Fsp3) is 1.00. The van der Waals surface area contributed by atoms with Crippen LogP contribution in [0.3, 0.4) is 0 Å². The van der Waals surface area contributed by atoms with Crippen LogP contribution in [0.4, 0.5) is 0 Å². The molecule has 1 aliphatic rings. The highest BCUT2D eigenvalue weighted by atomic mass is 16.5. The highest BCUT2D eigenvalue weighted by Gasteiger charge is 2.21. The smallest absolute Gasteiger partial charge is 0.0469 e. The Bertz CT molecular complexity index is 135. The molecule has 0 aliphatic carbocycles. The summed E-state index contributed by atoms with van der Waals surface area (Å²) in [6, 6.07) is 0.322. The molecule has 4 N–H and O–H groups in total. The van der Waals surface area contributed by atoms with Crippen LogP contribution in [-0.2, 0) is 4.74 Å². The Balaban J connectivity index is 2.24. The van der Waals surface area contributed by atoms with E-state index in [1.807, 2.05) is 0 Å². The van der Waals surface area contributed by atoms with Gasteiger partial charge >= 0.3 is 0 Å². The number of rotatable bonds is 4. The van der Waals surface area contributed by atoms with Gasteiger partial charge in [0.1, 0.15) is 0 Å². The van der Waals surface area contributed by atoms with E-state index in [4.69, 9.17) is 16.2 Å². The van der Waals surface area contributed by atoms with Crippen LogP contribution in [0.25, 0.3) is 0 Å². The van der Waals surface area contributed by atoms with Gasteiger partial charge in [-0.1, -0.05) is 6.92 Å². The van der Waals surface area contributed by atoms with Gasteiger partial charge in [0.25, 0.3) is 0 Å². The Morgan fingerprint density at radius 2 is 2.00 bits per heavy atom. The second-order valence-electron chi connectivity index (χ2n) is 4.19. The van der Waals surface area contributed by atoms with Crippen molar-refractivity contribution in [2.24, 2.45) is 23.3 Å². The van der Waals surface area contributed by atoms with Crippen molar-refractivity contribution in [1.29, 1.82) is 0 Å². The fourth-order valence-corrected chi connectivity index (χ4v) is 1.90. The van der Waals surface area contributed by atoms with Crippen LogP contribution in [0.5, 0.6) is 0 Å². The molecule has 0 bridgehead atoms. The summed E-state index contributed by atoms with van der Waals surface area (Å²) >= 11 is 0. The van der Waals surface area contributed by atoms with Gasteiger partial charge in [-0.25, -0.2) is 0 Å². The van der Waals surface area contributed by atoms with E-state index in [-0.39, 0.29) is 0 Å². The minimum absolute atomic E-state index is 0.322. The molecule has 2 atom stereocenters. The Labute approximate surface area is 80.8 Å². The van der Waals surface area contributed by atoms with Gasteiger partial charge in [-0.05, 0) is 37.6 Å². The molecule has 0 spiro atoms. The van der Waals surface area contributed by atoms with E-state index in [1.165, 1.54) is 0 Å². The molecular weight excluding hydrogens is 164 g/mol. The van der Waals surface area contributed by atoms with Gasteiger partial charge in [-0.2, -0.15) is 0 Å². The molecule has 1 fully saturated rings. The van der Waals surface area contributed by atoms with Crippen molar-refractivity contribution in [3.05, 3.63) is 0 Å². The quantitative estimate of drug-likeness (QED) is 0.680. The van der Waals surface area contributed by atoms with Crippen molar-refractivity contribution < 1.29 is 4.74 Å². The molecule has 1 heterocycles. The number of hydrogen-bond donors (Lipinski definition) is 2. The molecule has 2 unspecified atom stereocenters. The Hall–Kier alpha value is -0.120. The molecule has 0 aromatic rings. The third kappa shape index (κ3) is 3.63. The first-order valence-corrected chi connectivity index (χ1v) is 5.27. The van der Waals surface area contributed by atoms with Gasteiger partial charge in [0.05, 0.1) is 0 Å². The third-order valence-corrected chi connectivity index (χ3v) is 2.95. The van der Waals surface area contributed by atoms with Crippen LogP contribution in [0.2, 0.25) is 0 Å². The van der Waals surface area contributed by atoms with Gasteiger partial charge in [-0.3, -0.25) is 0 Å². The summed E-state index contributed by atoms with van der Waals surface area (Å²) in [5, 5.41) is 0. The largest absolute Gasteiger partial charge is 0.381 e. The van der Waals surface area contributed by atoms with Crippen molar-refractivity contribution in [3.63, 3.8) is 0 Å². The first-order chi connectivity index (χ1) is 6.24. The SMILES string of the molecule is CC(CN)CC(N)C1CCOCC1. The molecule has 1 rings (SSSR count). The maximum absolute atomic E-state index is 6.11. The van der Waals surface area contributed by atoms with Crippen molar-refractivity contribution in [3.8, 4) is 0 Å². The zero-order valence-electron chi connectivity index (χ0n) is 8.54. The lowest BCUT2D eigenvalue weighted by Crippen LogP contribution is -2.36. The molecule has 0 aromatic carbocycles. The number of ether oxygens (including phenoxy) is 1. The van der Waals surface area contributed by atoms with Gasteiger partial charge < -0.3 is 16.2 Å². The number of hydrogen-bond acceptors (Lipinski definition) is 3. The van der Waals surface area contributed by atoms with E-state index in [1.54, 1.807) is 0 Å². The lowest BCUT2D eigenvalue weighted by Gasteiger charge is -2.29. The number of nitrogens with two attached hydrogens (primary N) is 2. The van der Waals surface area contributed by atoms with Crippen LogP contribution in [0.15, 0.2) is 0 Å². The topological polar surface area (TPSA) is 61.3 Å². The molecule has 0 aromatic heterocycles. The molecule has 0 radical (unpaired) electrons. The second kappa shape index (κ2) is 5.58. The lowest BCUT2D eigenvalue weighted by atomic mass is 9.87. The molecular formula is C10H22N2O. The second-order valence-corrected chi connectivity index (χ2v) is 4.19. The average molecular weight is 186 g/mol. The van der Waals surface area contributed by atoms with E-state index >= 15 is 0 Å². The molecule has 1 aliphatic heterocycles. The summed E-state index contributed by atoms with van der Waals surface area (Å²) in [6.07, 6.45) is 3.30. The van der Waals surface area contributed by atoms with E-state index < -0.39 is 0 Å². The summed E-state index contributed by atoms with van der Waals surface area (Å²) in [5.74, 6) is 1.21. The van der Waals surface area contributed by atoms with E-state index in [9.17, 15) is 0 Å². The van der Waals surface area contributed by atoms with Gasteiger partial charge in [0.2, 0.25) is 0 Å². The minimum Gasteiger partial charge on any atom is -0.381 e. The van der Waals surface area contributed by atoms with Crippen LogP contribution >= 0.6 is 0 Å². The maximum Gasteiger partial charge on any atom is 0.0469 e. The van der Waals surface area contributed by atoms with Gasteiger partial charge in [0.15, 0.2) is 0 Å². The normalized spacial score (nSPS) is 24.2. The lowest BCUT2D eigenvalue weighted by molar-refractivity contribution is 0.0560. The Kier molecular flexibility index (Phi) is 4.70. The van der Waals surface area contributed by atoms with Crippen molar-refractivity contribution in [1.82, 2.24) is 0 Å². The molecule has 78 valence electrons. The van der Waals surface area contributed by atoms with Crippen molar-refractivity contribution in [2.45, 2.75) is 32.2 Å². The molecule has 13 heavy (non-hydrogen) atoms. The van der Waals surface area contributed by atoms with Crippen LogP contribution in [0.1, 0.15) is 26.2 Å². The van der Waals surface area contributed by atoms with Crippen molar-refractivity contribution in [2.75, 3.05) is 19.8 Å². The fourth-order valence-electron chi connectivity index (χ4n) is 1.90. The summed E-state index contributed by atoms with van der Waals surface area (Å²) < 4.78 is 5.30. The molecule has 1 saturated heterocycles. The monoisotopic (exact) mass is 186 g/mol. The van der Waals surface area contributed by atoms with Crippen LogP contribution < -0.4 is 11.5 Å². The van der Waals surface area contributed by atoms with E-state index in [0.29, 0.717) is 17.9 Å². The maximum atomic E-state index is 6.11. The zero-order chi connectivity index (χ0) is 9.68. The molecule has 3 nitrogen and oxygen atoms in total. The standard InChI is InChI=1S/C10H22N2O/c1-8(7-11)6-10(12)9-2-4-13-5-3-9/h8-10H,2-7,11-12H2,1H3. The Morgan fingerprint density at radius 1 is 1.38 bits per heavy atom. The van der Waals surface area contributed by atoms with Gasteiger partial charge in [-0.15, -0.1) is 0 Å². The third-order valence-electron chi connectivity index (χ3n) is 2.95. The first-order valence-electron chi connectivity index (χ1n) is 5.27. The summed E-state index contributed by atoms with van der Waals surface area (Å²) in [4.78, 5) is 0. The first kappa shape index (κ1) is 11.0. The molecule has 0 saturated carbocycles. The predicted octanol–water partition coefficient (Wildman–Crippen LogP) is 0.725. The highest BCUT2D eigenvalue weighted by Crippen LogP contribution is 2.21. The van der Waals surface area contributed by atoms with E-state index in [2.05, 4.69) is 6.92 Å². The average Bonchev–Trinajstić information content (AvgIpc) is 2.19. The van der Waals surface area contributed by atoms with Gasteiger partial charge in [0, 0.05) is 19.3 Å². The van der Waals surface area contributed by atoms with Crippen LogP contribution in [-0.4, -0.2) is 25.8 Å². The molecule has 3 heteroatoms. The summed E-state index contributed by atoms with van der Waals surface area (Å²) in [5.41, 5.74) is 11.7. The predicted molar refractivity (Wildman–Crippen MR) is 54.4 cm³/mol. The Morgan fingerprint density at radius 3 is 2.54 bits per heavy atom. The minimum atomic E-state index is 0.322. The molecule has 0 amide bonds. The summed E-state index contributed by atoms with van der Waals surface area (Å²) in [7, 11) is 0. The van der Waals surface area contributed by atoms with Crippen molar-refractivity contribution >= 4 is 0 Å². The van der Waals surface area contributed by atoms with Crippen LogP contribution in [0, 0.1) is 11.8 Å². The summed E-state index contributed by atoms with van der Waals surface area (Å²) in [6.45, 7) is 4.68. The van der Waals surface area contributed by atoms with E-state index in [0.717, 1.165) is 39.0 Å². The highest BCUT2D eigenvalue weighted by molar-refractivity contribution is 4.77. The zero-order valence-corrected chi connectivity index (χ0v) is 8.54.